The fourth-order valence-corrected chi connectivity index (χ4v) is 4.50. The molecule has 5 rings (SSSR count). The number of fused-ring (bicyclic) bond motifs is 1. The van der Waals surface area contributed by atoms with Crippen LogP contribution in [-0.4, -0.2) is 42.3 Å². The van der Waals surface area contributed by atoms with Crippen molar-refractivity contribution in [3.05, 3.63) is 47.9 Å². The third-order valence-electron chi connectivity index (χ3n) is 6.05. The Balaban J connectivity index is 1.25. The quantitative estimate of drug-likeness (QED) is 0.645. The number of carbonyl (C=O) groups is 1. The van der Waals surface area contributed by atoms with Crippen LogP contribution in [0.25, 0.3) is 11.5 Å². The van der Waals surface area contributed by atoms with Gasteiger partial charge >= 0.3 is 0 Å². The summed E-state index contributed by atoms with van der Waals surface area (Å²) in [5, 5.41) is 17.1. The molecule has 3 aromatic rings. The average molecular weight is 406 g/mol. The summed E-state index contributed by atoms with van der Waals surface area (Å²) < 4.78 is 8.01. The summed E-state index contributed by atoms with van der Waals surface area (Å²) in [7, 11) is 0. The van der Waals surface area contributed by atoms with Crippen molar-refractivity contribution in [3.63, 3.8) is 0 Å². The van der Waals surface area contributed by atoms with Crippen LogP contribution in [0, 0.1) is 0 Å². The first-order valence-corrected chi connectivity index (χ1v) is 10.9. The zero-order chi connectivity index (χ0) is 20.3. The van der Waals surface area contributed by atoms with Gasteiger partial charge in [-0.3, -0.25) is 4.79 Å². The molecule has 2 aromatic heterocycles. The van der Waals surface area contributed by atoms with E-state index in [1.807, 2.05) is 35.2 Å². The third kappa shape index (κ3) is 3.74. The monoisotopic (exact) mass is 406 g/mol. The highest BCUT2D eigenvalue weighted by molar-refractivity contribution is 5.77. The van der Waals surface area contributed by atoms with Gasteiger partial charge in [-0.25, -0.2) is 0 Å². The Labute approximate surface area is 175 Å². The van der Waals surface area contributed by atoms with E-state index in [4.69, 9.17) is 4.42 Å². The molecule has 0 spiro atoms. The first-order chi connectivity index (χ1) is 14.8. The summed E-state index contributed by atoms with van der Waals surface area (Å²) in [5.74, 6) is 3.13. The van der Waals surface area contributed by atoms with Gasteiger partial charge in [0.15, 0.2) is 5.82 Å². The highest BCUT2D eigenvalue weighted by Gasteiger charge is 2.34. The molecule has 2 aliphatic heterocycles. The normalized spacial score (nSPS) is 18.9. The maximum Gasteiger partial charge on any atom is 0.247 e. The zero-order valence-corrected chi connectivity index (χ0v) is 17.0. The topological polar surface area (TPSA) is 89.9 Å². The van der Waals surface area contributed by atoms with Gasteiger partial charge in [-0.05, 0) is 37.8 Å². The molecule has 0 N–H and O–H groups in total. The molecule has 30 heavy (non-hydrogen) atoms. The SMILES string of the molecule is O=C(CCc1nnc(-c2ccccc2)o1)N1CCC[C@H]1c1nnc2n1CCCCC2. The smallest absolute Gasteiger partial charge is 0.247 e. The summed E-state index contributed by atoms with van der Waals surface area (Å²) in [6.45, 7) is 1.73. The molecule has 8 heteroatoms. The van der Waals surface area contributed by atoms with E-state index in [2.05, 4.69) is 25.0 Å². The Morgan fingerprint density at radius 3 is 2.80 bits per heavy atom. The molecular formula is C22H26N6O2. The first-order valence-electron chi connectivity index (χ1n) is 10.9. The van der Waals surface area contributed by atoms with Gasteiger partial charge in [-0.2, -0.15) is 0 Å². The lowest BCUT2D eigenvalue weighted by atomic mass is 10.2. The minimum Gasteiger partial charge on any atom is -0.421 e. The van der Waals surface area contributed by atoms with Gasteiger partial charge in [0, 0.05) is 37.9 Å². The van der Waals surface area contributed by atoms with Gasteiger partial charge in [0.05, 0.1) is 6.04 Å². The molecule has 4 heterocycles. The van der Waals surface area contributed by atoms with Gasteiger partial charge in [0.25, 0.3) is 0 Å². The van der Waals surface area contributed by atoms with Crippen LogP contribution < -0.4 is 0 Å². The second kappa shape index (κ2) is 8.38. The second-order valence-electron chi connectivity index (χ2n) is 8.05. The van der Waals surface area contributed by atoms with Crippen LogP contribution in [0.5, 0.6) is 0 Å². The Morgan fingerprint density at radius 2 is 1.90 bits per heavy atom. The lowest BCUT2D eigenvalue weighted by Crippen LogP contribution is -2.32. The van der Waals surface area contributed by atoms with Gasteiger partial charge in [0.1, 0.15) is 5.82 Å². The summed E-state index contributed by atoms with van der Waals surface area (Å²) in [4.78, 5) is 15.0. The number of rotatable bonds is 5. The van der Waals surface area contributed by atoms with Gasteiger partial charge < -0.3 is 13.9 Å². The summed E-state index contributed by atoms with van der Waals surface area (Å²) in [6.07, 6.45) is 7.27. The Bertz CT molecular complexity index is 1010. The zero-order valence-electron chi connectivity index (χ0n) is 17.0. The van der Waals surface area contributed by atoms with Gasteiger partial charge in [-0.15, -0.1) is 20.4 Å². The Hall–Kier alpha value is -3.03. The van der Waals surface area contributed by atoms with E-state index in [9.17, 15) is 4.79 Å². The van der Waals surface area contributed by atoms with E-state index in [-0.39, 0.29) is 11.9 Å². The third-order valence-corrected chi connectivity index (χ3v) is 6.05. The van der Waals surface area contributed by atoms with Crippen molar-refractivity contribution < 1.29 is 9.21 Å². The molecule has 0 unspecified atom stereocenters. The highest BCUT2D eigenvalue weighted by Crippen LogP contribution is 2.33. The van der Waals surface area contributed by atoms with Crippen LogP contribution in [0.1, 0.15) is 62.1 Å². The van der Waals surface area contributed by atoms with Crippen molar-refractivity contribution >= 4 is 5.91 Å². The molecule has 1 amide bonds. The van der Waals surface area contributed by atoms with Crippen molar-refractivity contribution in [3.8, 4) is 11.5 Å². The number of aryl methyl sites for hydroxylation is 2. The summed E-state index contributed by atoms with van der Waals surface area (Å²) in [5.41, 5.74) is 0.884. The lowest BCUT2D eigenvalue weighted by molar-refractivity contribution is -0.132. The number of aromatic nitrogens is 5. The van der Waals surface area contributed by atoms with Crippen LogP contribution in [0.3, 0.4) is 0 Å². The van der Waals surface area contributed by atoms with Crippen molar-refractivity contribution in [1.82, 2.24) is 29.9 Å². The summed E-state index contributed by atoms with van der Waals surface area (Å²) in [6, 6.07) is 9.69. The minimum absolute atomic E-state index is 0.0272. The van der Waals surface area contributed by atoms with Crippen LogP contribution in [-0.2, 0) is 24.2 Å². The first kappa shape index (κ1) is 19.0. The highest BCUT2D eigenvalue weighted by atomic mass is 16.4. The average Bonchev–Trinajstić information content (AvgIpc) is 3.50. The summed E-state index contributed by atoms with van der Waals surface area (Å²) >= 11 is 0. The molecule has 0 aliphatic carbocycles. The molecule has 1 fully saturated rings. The second-order valence-corrected chi connectivity index (χ2v) is 8.05. The Morgan fingerprint density at radius 1 is 1.00 bits per heavy atom. The van der Waals surface area contributed by atoms with E-state index in [1.54, 1.807) is 0 Å². The van der Waals surface area contributed by atoms with Gasteiger partial charge in [0.2, 0.25) is 17.7 Å². The van der Waals surface area contributed by atoms with E-state index in [1.165, 1.54) is 12.8 Å². The van der Waals surface area contributed by atoms with Crippen LogP contribution >= 0.6 is 0 Å². The molecule has 1 aromatic carbocycles. The molecule has 156 valence electrons. The predicted molar refractivity (Wildman–Crippen MR) is 109 cm³/mol. The Kier molecular flexibility index (Phi) is 5.29. The predicted octanol–water partition coefficient (Wildman–Crippen LogP) is 3.35. The standard InChI is InChI=1S/C22H26N6O2/c29-20(13-12-19-24-26-22(30-19)16-8-3-1-4-9-16)27-15-7-10-17(27)21-25-23-18-11-5-2-6-14-28(18)21/h1,3-4,8-9,17H,2,5-7,10-15H2/t17-/m0/s1. The van der Waals surface area contributed by atoms with E-state index in [0.717, 1.165) is 56.0 Å². The maximum atomic E-state index is 13.0. The molecule has 8 nitrogen and oxygen atoms in total. The number of hydrogen-bond donors (Lipinski definition) is 0. The van der Waals surface area contributed by atoms with Crippen molar-refractivity contribution in [1.29, 1.82) is 0 Å². The van der Waals surface area contributed by atoms with E-state index >= 15 is 0 Å². The fraction of sp³-hybridized carbons (Fsp3) is 0.500. The molecule has 1 saturated heterocycles. The van der Waals surface area contributed by atoms with Crippen molar-refractivity contribution in [2.75, 3.05) is 6.54 Å². The van der Waals surface area contributed by atoms with Crippen LogP contribution in [0.2, 0.25) is 0 Å². The van der Waals surface area contributed by atoms with Crippen molar-refractivity contribution in [2.45, 2.75) is 64.0 Å². The molecule has 1 atom stereocenters. The molecule has 2 aliphatic rings. The minimum atomic E-state index is 0.0272. The number of hydrogen-bond acceptors (Lipinski definition) is 6. The van der Waals surface area contributed by atoms with Crippen LogP contribution in [0.15, 0.2) is 34.7 Å². The lowest BCUT2D eigenvalue weighted by Gasteiger charge is -2.24. The van der Waals surface area contributed by atoms with Crippen molar-refractivity contribution in [2.24, 2.45) is 0 Å². The number of carbonyl (C=O) groups excluding carboxylic acids is 1. The number of amides is 1. The molecule has 0 bridgehead atoms. The largest absolute Gasteiger partial charge is 0.421 e. The molecular weight excluding hydrogens is 380 g/mol. The van der Waals surface area contributed by atoms with E-state index < -0.39 is 0 Å². The maximum absolute atomic E-state index is 13.0. The fourth-order valence-electron chi connectivity index (χ4n) is 4.50. The van der Waals surface area contributed by atoms with E-state index in [0.29, 0.717) is 24.6 Å². The number of nitrogens with zero attached hydrogens (tertiary/aromatic N) is 6. The molecule has 0 saturated carbocycles. The number of benzene rings is 1. The molecule has 0 radical (unpaired) electrons. The van der Waals surface area contributed by atoms with Gasteiger partial charge in [-0.1, -0.05) is 24.6 Å². The van der Waals surface area contributed by atoms with Crippen LogP contribution in [0.4, 0.5) is 0 Å². The number of likely N-dealkylation sites (tertiary alicyclic amines) is 1.